The molecule has 1 aromatic rings. The maximum Gasteiger partial charge on any atom is 0.344 e. The number of carbonyl (C=O) groups excluding carboxylic acids is 2. The first-order valence-corrected chi connectivity index (χ1v) is 8.37. The van der Waals surface area contributed by atoms with Crippen molar-refractivity contribution in [2.45, 2.75) is 18.7 Å². The molecule has 1 fully saturated rings. The summed E-state index contributed by atoms with van der Waals surface area (Å²) in [6, 6.07) is 9.37. The van der Waals surface area contributed by atoms with E-state index in [1.807, 2.05) is 18.2 Å². The van der Waals surface area contributed by atoms with Gasteiger partial charge in [-0.1, -0.05) is 18.2 Å². The van der Waals surface area contributed by atoms with E-state index < -0.39 is 5.97 Å². The number of amides is 1. The Morgan fingerprint density at radius 3 is 3.00 bits per heavy atom. The molecule has 0 radical (unpaired) electrons. The highest BCUT2D eigenvalue weighted by Crippen LogP contribution is 2.42. The van der Waals surface area contributed by atoms with Crippen LogP contribution in [0.2, 0.25) is 0 Å². The van der Waals surface area contributed by atoms with Crippen molar-refractivity contribution in [2.24, 2.45) is 0 Å². The first kappa shape index (κ1) is 17.2. The topological polar surface area (TPSA) is 79.6 Å². The average Bonchev–Trinajstić information content (AvgIpc) is 2.92. The lowest BCUT2D eigenvalue weighted by atomic mass is 10.1. The molecule has 1 atom stereocenters. The van der Waals surface area contributed by atoms with Crippen molar-refractivity contribution in [2.75, 3.05) is 25.5 Å². The fourth-order valence-corrected chi connectivity index (χ4v) is 3.52. The highest BCUT2D eigenvalue weighted by molar-refractivity contribution is 8.00. The van der Waals surface area contributed by atoms with E-state index in [0.29, 0.717) is 24.7 Å². The summed E-state index contributed by atoms with van der Waals surface area (Å²) in [6.45, 7) is 2.26. The van der Waals surface area contributed by atoms with E-state index in [9.17, 15) is 9.59 Å². The summed E-state index contributed by atoms with van der Waals surface area (Å²) in [7, 11) is 0. The molecule has 0 N–H and O–H groups in total. The Morgan fingerprint density at radius 1 is 1.48 bits per heavy atom. The number of para-hydroxylation sites is 1. The molecular weight excluding hydrogens is 316 g/mol. The van der Waals surface area contributed by atoms with Crippen LogP contribution in [0.4, 0.5) is 0 Å². The normalized spacial score (nSPS) is 17.0. The molecular formula is C16H18N2O4S. The van der Waals surface area contributed by atoms with E-state index in [4.69, 9.17) is 14.7 Å². The average molecular weight is 334 g/mol. The quantitative estimate of drug-likeness (QED) is 0.711. The summed E-state index contributed by atoms with van der Waals surface area (Å²) in [5.74, 6) is 0.506. The maximum atomic E-state index is 12.0. The number of esters is 1. The van der Waals surface area contributed by atoms with E-state index in [0.717, 1.165) is 5.56 Å². The number of benzene rings is 1. The van der Waals surface area contributed by atoms with Gasteiger partial charge in [-0.15, -0.1) is 11.8 Å². The van der Waals surface area contributed by atoms with Gasteiger partial charge in [0.15, 0.2) is 6.61 Å². The van der Waals surface area contributed by atoms with Crippen LogP contribution in [-0.2, 0) is 14.3 Å². The number of nitrogens with zero attached hydrogens (tertiary/aromatic N) is 2. The Bertz CT molecular complexity index is 614. The first-order chi connectivity index (χ1) is 11.2. The van der Waals surface area contributed by atoms with Crippen LogP contribution in [-0.4, -0.2) is 42.3 Å². The van der Waals surface area contributed by atoms with Crippen molar-refractivity contribution < 1.29 is 19.1 Å². The number of ether oxygens (including phenoxy) is 2. The van der Waals surface area contributed by atoms with Crippen molar-refractivity contribution in [3.63, 3.8) is 0 Å². The van der Waals surface area contributed by atoms with E-state index in [1.165, 1.54) is 11.8 Å². The Labute approximate surface area is 139 Å². The zero-order valence-electron chi connectivity index (χ0n) is 12.9. The number of carbonyl (C=O) groups is 2. The lowest BCUT2D eigenvalue weighted by Gasteiger charge is -2.24. The molecule has 0 bridgehead atoms. The molecule has 1 heterocycles. The molecule has 23 heavy (non-hydrogen) atoms. The smallest absolute Gasteiger partial charge is 0.344 e. The van der Waals surface area contributed by atoms with Crippen molar-refractivity contribution >= 4 is 23.6 Å². The lowest BCUT2D eigenvalue weighted by molar-refractivity contribution is -0.145. The second-order valence-corrected chi connectivity index (χ2v) is 5.86. The van der Waals surface area contributed by atoms with Crippen LogP contribution in [0.1, 0.15) is 24.3 Å². The van der Waals surface area contributed by atoms with Gasteiger partial charge in [-0.25, -0.2) is 4.79 Å². The predicted octanol–water partition coefficient (Wildman–Crippen LogP) is 2.12. The van der Waals surface area contributed by atoms with Gasteiger partial charge < -0.3 is 14.4 Å². The molecule has 1 aliphatic heterocycles. The third-order valence-corrected chi connectivity index (χ3v) is 4.51. The number of rotatable bonds is 7. The minimum atomic E-state index is -0.432. The van der Waals surface area contributed by atoms with Gasteiger partial charge in [0.05, 0.1) is 24.8 Å². The highest BCUT2D eigenvalue weighted by Gasteiger charge is 2.34. The summed E-state index contributed by atoms with van der Waals surface area (Å²) in [6.07, 6.45) is 0.286. The van der Waals surface area contributed by atoms with Gasteiger partial charge in [0.2, 0.25) is 5.91 Å². The molecule has 122 valence electrons. The van der Waals surface area contributed by atoms with Gasteiger partial charge in [-0.05, 0) is 13.0 Å². The van der Waals surface area contributed by atoms with E-state index >= 15 is 0 Å². The van der Waals surface area contributed by atoms with E-state index in [2.05, 4.69) is 6.07 Å². The Kier molecular flexibility index (Phi) is 6.29. The molecule has 0 aromatic heterocycles. The molecule has 6 nitrogen and oxygen atoms in total. The summed E-state index contributed by atoms with van der Waals surface area (Å²) in [4.78, 5) is 25.1. The third kappa shape index (κ3) is 4.39. The molecule has 1 amide bonds. The third-order valence-electron chi connectivity index (χ3n) is 3.27. The van der Waals surface area contributed by atoms with Crippen LogP contribution >= 0.6 is 11.8 Å². The molecule has 0 aliphatic carbocycles. The summed E-state index contributed by atoms with van der Waals surface area (Å²) in [5, 5.41) is 8.55. The highest BCUT2D eigenvalue weighted by atomic mass is 32.2. The second-order valence-electron chi connectivity index (χ2n) is 4.79. The zero-order valence-corrected chi connectivity index (χ0v) is 13.7. The molecule has 0 saturated carbocycles. The first-order valence-electron chi connectivity index (χ1n) is 7.32. The van der Waals surface area contributed by atoms with Gasteiger partial charge >= 0.3 is 5.97 Å². The van der Waals surface area contributed by atoms with Crippen molar-refractivity contribution in [3.05, 3.63) is 29.8 Å². The van der Waals surface area contributed by atoms with Crippen LogP contribution in [0.25, 0.3) is 0 Å². The summed E-state index contributed by atoms with van der Waals surface area (Å²) in [5.41, 5.74) is 0.825. The molecule has 1 unspecified atom stereocenters. The van der Waals surface area contributed by atoms with E-state index in [1.54, 1.807) is 17.9 Å². The molecule has 2 rings (SSSR count). The van der Waals surface area contributed by atoms with Crippen molar-refractivity contribution in [1.82, 2.24) is 4.90 Å². The monoisotopic (exact) mass is 334 g/mol. The zero-order chi connectivity index (χ0) is 16.7. The summed E-state index contributed by atoms with van der Waals surface area (Å²) < 4.78 is 10.4. The molecule has 0 spiro atoms. The van der Waals surface area contributed by atoms with Crippen LogP contribution in [0, 0.1) is 11.3 Å². The Hall–Kier alpha value is -2.20. The van der Waals surface area contributed by atoms with Gasteiger partial charge in [-0.3, -0.25) is 4.79 Å². The standard InChI is InChI=1S/C16H18N2O4S/c1-2-21-15(20)10-22-13-7-4-3-6-12(13)16-18(9-5-8-17)14(19)11-23-16/h3-4,6-7,16H,2,5,9-11H2,1H3. The maximum absolute atomic E-state index is 12.0. The number of thioether (sulfide) groups is 1. The van der Waals surface area contributed by atoms with Crippen LogP contribution in [0.3, 0.4) is 0 Å². The van der Waals surface area contributed by atoms with Crippen LogP contribution < -0.4 is 4.74 Å². The van der Waals surface area contributed by atoms with Gasteiger partial charge in [0, 0.05) is 12.1 Å². The van der Waals surface area contributed by atoms with Gasteiger partial charge in [0.25, 0.3) is 0 Å². The van der Waals surface area contributed by atoms with Crippen LogP contribution in [0.5, 0.6) is 5.75 Å². The molecule has 1 saturated heterocycles. The van der Waals surface area contributed by atoms with Gasteiger partial charge in [0.1, 0.15) is 11.1 Å². The molecule has 1 aromatic carbocycles. The number of nitriles is 1. The fraction of sp³-hybridized carbons (Fsp3) is 0.438. The van der Waals surface area contributed by atoms with Crippen molar-refractivity contribution in [1.29, 1.82) is 5.26 Å². The second kappa shape index (κ2) is 8.44. The fourth-order valence-electron chi connectivity index (χ4n) is 2.28. The number of hydrogen-bond acceptors (Lipinski definition) is 6. The lowest BCUT2D eigenvalue weighted by Crippen LogP contribution is -2.29. The minimum absolute atomic E-state index is 0.00967. The number of hydrogen-bond donors (Lipinski definition) is 0. The van der Waals surface area contributed by atoms with Gasteiger partial charge in [-0.2, -0.15) is 5.26 Å². The molecule has 7 heteroatoms. The van der Waals surface area contributed by atoms with E-state index in [-0.39, 0.29) is 24.3 Å². The Morgan fingerprint density at radius 2 is 2.26 bits per heavy atom. The summed E-state index contributed by atoms with van der Waals surface area (Å²) >= 11 is 1.49. The minimum Gasteiger partial charge on any atom is -0.482 e. The van der Waals surface area contributed by atoms with Crippen molar-refractivity contribution in [3.8, 4) is 11.8 Å². The predicted molar refractivity (Wildman–Crippen MR) is 85.7 cm³/mol. The SMILES string of the molecule is CCOC(=O)COc1ccccc1C1SCC(=O)N1CCC#N. The Balaban J connectivity index is 2.14. The largest absolute Gasteiger partial charge is 0.482 e. The molecule has 1 aliphatic rings. The van der Waals surface area contributed by atoms with Crippen LogP contribution in [0.15, 0.2) is 24.3 Å².